The summed E-state index contributed by atoms with van der Waals surface area (Å²) in [5, 5.41) is 14.9. The molecule has 2 amide bonds. The lowest BCUT2D eigenvalue weighted by Gasteiger charge is -2.46. The lowest BCUT2D eigenvalue weighted by atomic mass is 9.82. The van der Waals surface area contributed by atoms with Crippen molar-refractivity contribution in [2.75, 3.05) is 19.6 Å². The monoisotopic (exact) mass is 476 g/mol. The van der Waals surface area contributed by atoms with Crippen LogP contribution in [0.3, 0.4) is 0 Å². The van der Waals surface area contributed by atoms with Crippen LogP contribution in [0, 0.1) is 0 Å². The quantitative estimate of drug-likeness (QED) is 0.596. The summed E-state index contributed by atoms with van der Waals surface area (Å²) >= 11 is 0. The number of amides is 2. The van der Waals surface area contributed by atoms with Gasteiger partial charge in [-0.2, -0.15) is 13.2 Å². The summed E-state index contributed by atoms with van der Waals surface area (Å²) in [4.78, 5) is 31.0. The number of nitrogens with one attached hydrogen (secondary N) is 2. The number of carbonyl (C=O) groups is 2. The van der Waals surface area contributed by atoms with Crippen molar-refractivity contribution in [3.05, 3.63) is 59.4 Å². The number of aromatic nitrogens is 1. The van der Waals surface area contributed by atoms with Gasteiger partial charge in [0.1, 0.15) is 5.75 Å². The Morgan fingerprint density at radius 1 is 1.09 bits per heavy atom. The molecule has 1 saturated carbocycles. The third kappa shape index (κ3) is 5.85. The van der Waals surface area contributed by atoms with E-state index in [2.05, 4.69) is 20.5 Å². The van der Waals surface area contributed by atoms with Crippen molar-refractivity contribution in [3.8, 4) is 5.75 Å². The largest absolute Gasteiger partial charge is 0.508 e. The molecule has 0 unspecified atom stereocenters. The highest BCUT2D eigenvalue weighted by molar-refractivity contribution is 5.96. The lowest BCUT2D eigenvalue weighted by molar-refractivity contribution is -0.137. The lowest BCUT2D eigenvalue weighted by Crippen LogP contribution is -2.63. The second-order valence-corrected chi connectivity index (χ2v) is 8.92. The highest BCUT2D eigenvalue weighted by Gasteiger charge is 2.36. The molecule has 1 aliphatic heterocycles. The fourth-order valence-electron chi connectivity index (χ4n) is 4.68. The first-order valence-electron chi connectivity index (χ1n) is 11.3. The molecule has 2 aromatic rings. The molecule has 0 radical (unpaired) electrons. The molecule has 7 nitrogen and oxygen atoms in total. The minimum atomic E-state index is -4.54. The average Bonchev–Trinajstić information content (AvgIpc) is 2.79. The van der Waals surface area contributed by atoms with Crippen LogP contribution < -0.4 is 10.6 Å². The first-order valence-corrected chi connectivity index (χ1v) is 11.3. The predicted molar refractivity (Wildman–Crippen MR) is 118 cm³/mol. The van der Waals surface area contributed by atoms with Crippen molar-refractivity contribution in [2.24, 2.45) is 0 Å². The molecule has 0 bridgehead atoms. The molecule has 1 saturated heterocycles. The number of hydrogen-bond acceptors (Lipinski definition) is 5. The van der Waals surface area contributed by atoms with Gasteiger partial charge in [-0.1, -0.05) is 6.07 Å². The standard InChI is InChI=1S/C24H27F3N4O3/c25-24(26,27)17-3-1-2-16(10-17)23(34)29-12-22(33)30-18-13-31(14-18)19-6-4-15(5-7-19)21-11-20(32)8-9-28-21/h1-3,8-11,15,18-19H,4-7,12-14H2,(H,28,32)(H,29,34)(H,30,33)/t15-,19+. The maximum absolute atomic E-state index is 12.8. The van der Waals surface area contributed by atoms with Gasteiger partial charge in [0.25, 0.3) is 5.91 Å². The summed E-state index contributed by atoms with van der Waals surface area (Å²) in [7, 11) is 0. The van der Waals surface area contributed by atoms with Crippen molar-refractivity contribution in [3.63, 3.8) is 0 Å². The van der Waals surface area contributed by atoms with Gasteiger partial charge in [-0.15, -0.1) is 0 Å². The number of halogens is 3. The van der Waals surface area contributed by atoms with E-state index in [1.54, 1.807) is 18.3 Å². The molecule has 2 fully saturated rings. The summed E-state index contributed by atoms with van der Waals surface area (Å²) in [6.45, 7) is 1.16. The number of rotatable bonds is 6. The molecular formula is C24H27F3N4O3. The molecule has 0 atom stereocenters. The van der Waals surface area contributed by atoms with Crippen LogP contribution in [-0.2, 0) is 11.0 Å². The normalized spacial score (nSPS) is 21.5. The van der Waals surface area contributed by atoms with Gasteiger partial charge < -0.3 is 15.7 Å². The molecule has 0 spiro atoms. The molecule has 10 heteroatoms. The van der Waals surface area contributed by atoms with Gasteiger partial charge in [-0.3, -0.25) is 19.5 Å². The molecule has 1 aromatic heterocycles. The van der Waals surface area contributed by atoms with Crippen LogP contribution in [0.2, 0.25) is 0 Å². The van der Waals surface area contributed by atoms with E-state index in [9.17, 15) is 27.9 Å². The van der Waals surface area contributed by atoms with Crippen LogP contribution >= 0.6 is 0 Å². The fourth-order valence-corrected chi connectivity index (χ4v) is 4.68. The SMILES string of the molecule is O=C(CNC(=O)c1cccc(C(F)(F)F)c1)NC1CN([C@H]2CC[C@@H](c3cc(O)ccn3)CC2)C1. The summed E-state index contributed by atoms with van der Waals surface area (Å²) in [5.41, 5.74) is -0.125. The fraction of sp³-hybridized carbons (Fsp3) is 0.458. The molecule has 4 rings (SSSR count). The molecule has 2 heterocycles. The Hall–Kier alpha value is -3.14. The summed E-state index contributed by atoms with van der Waals surface area (Å²) in [5.74, 6) is -0.516. The molecule has 182 valence electrons. The van der Waals surface area contributed by atoms with Gasteiger partial charge in [0, 0.05) is 48.6 Å². The first-order chi connectivity index (χ1) is 16.2. The first kappa shape index (κ1) is 24.0. The summed E-state index contributed by atoms with van der Waals surface area (Å²) < 4.78 is 38.4. The molecule has 2 aliphatic rings. The Kier molecular flexibility index (Phi) is 7.06. The molecule has 3 N–H and O–H groups in total. The number of alkyl halides is 3. The van der Waals surface area contributed by atoms with Crippen molar-refractivity contribution >= 4 is 11.8 Å². The third-order valence-corrected chi connectivity index (χ3v) is 6.53. The average molecular weight is 476 g/mol. The van der Waals surface area contributed by atoms with E-state index in [0.29, 0.717) is 12.0 Å². The van der Waals surface area contributed by atoms with Gasteiger partial charge in [0.2, 0.25) is 5.91 Å². The van der Waals surface area contributed by atoms with Crippen LogP contribution in [0.15, 0.2) is 42.6 Å². The van der Waals surface area contributed by atoms with E-state index in [-0.39, 0.29) is 29.8 Å². The third-order valence-electron chi connectivity index (χ3n) is 6.53. The van der Waals surface area contributed by atoms with E-state index in [0.717, 1.165) is 62.7 Å². The van der Waals surface area contributed by atoms with Gasteiger partial charge in [0.15, 0.2) is 0 Å². The zero-order valence-electron chi connectivity index (χ0n) is 18.5. The van der Waals surface area contributed by atoms with Crippen molar-refractivity contribution < 1.29 is 27.9 Å². The smallest absolute Gasteiger partial charge is 0.416 e. The second kappa shape index (κ2) is 10.0. The van der Waals surface area contributed by atoms with Crippen molar-refractivity contribution in [1.29, 1.82) is 0 Å². The Labute approximate surface area is 195 Å². The topological polar surface area (TPSA) is 94.6 Å². The van der Waals surface area contributed by atoms with Gasteiger partial charge in [-0.05, 0) is 49.9 Å². The molecule has 1 aromatic carbocycles. The van der Waals surface area contributed by atoms with Crippen LogP contribution in [-0.4, -0.2) is 58.5 Å². The number of benzene rings is 1. The minimum absolute atomic E-state index is 0.0107. The number of carbonyl (C=O) groups excluding carboxylic acids is 2. The van der Waals surface area contributed by atoms with E-state index >= 15 is 0 Å². The Morgan fingerprint density at radius 3 is 2.50 bits per heavy atom. The minimum Gasteiger partial charge on any atom is -0.508 e. The van der Waals surface area contributed by atoms with Gasteiger partial charge in [0.05, 0.1) is 18.2 Å². The Morgan fingerprint density at radius 2 is 1.82 bits per heavy atom. The van der Waals surface area contributed by atoms with E-state index in [4.69, 9.17) is 0 Å². The molecule has 34 heavy (non-hydrogen) atoms. The van der Waals surface area contributed by atoms with Crippen molar-refractivity contribution in [1.82, 2.24) is 20.5 Å². The van der Waals surface area contributed by atoms with Crippen molar-refractivity contribution in [2.45, 2.75) is 49.9 Å². The van der Waals surface area contributed by atoms with Crippen LogP contribution in [0.5, 0.6) is 5.75 Å². The summed E-state index contributed by atoms with van der Waals surface area (Å²) in [6.07, 6.45) is 1.13. The molecular weight excluding hydrogens is 449 g/mol. The number of likely N-dealkylation sites (tertiary alicyclic amines) is 1. The van der Waals surface area contributed by atoms with Crippen LogP contribution in [0.4, 0.5) is 13.2 Å². The Balaban J connectivity index is 1.16. The van der Waals surface area contributed by atoms with Crippen LogP contribution in [0.1, 0.15) is 53.2 Å². The van der Waals surface area contributed by atoms with Gasteiger partial charge >= 0.3 is 6.18 Å². The number of hydrogen-bond donors (Lipinski definition) is 3. The maximum Gasteiger partial charge on any atom is 0.416 e. The number of nitrogens with zero attached hydrogens (tertiary/aromatic N) is 2. The van der Waals surface area contributed by atoms with E-state index in [1.807, 2.05) is 0 Å². The predicted octanol–water partition coefficient (Wildman–Crippen LogP) is 3.06. The van der Waals surface area contributed by atoms with E-state index < -0.39 is 17.6 Å². The van der Waals surface area contributed by atoms with E-state index in [1.165, 1.54) is 6.07 Å². The zero-order valence-corrected chi connectivity index (χ0v) is 18.5. The van der Waals surface area contributed by atoms with Crippen LogP contribution in [0.25, 0.3) is 0 Å². The molecule has 1 aliphatic carbocycles. The second-order valence-electron chi connectivity index (χ2n) is 8.92. The van der Waals surface area contributed by atoms with Gasteiger partial charge in [-0.25, -0.2) is 0 Å². The number of aromatic hydroxyl groups is 1. The summed E-state index contributed by atoms with van der Waals surface area (Å²) in [6, 6.07) is 7.83. The Bertz CT molecular complexity index is 1030. The highest BCUT2D eigenvalue weighted by atomic mass is 19.4. The maximum atomic E-state index is 12.8. The number of pyridine rings is 1. The highest BCUT2D eigenvalue weighted by Crippen LogP contribution is 2.36. The zero-order chi connectivity index (χ0) is 24.3.